The normalized spacial score (nSPS) is 24.9. The van der Waals surface area contributed by atoms with Crippen LogP contribution in [0.4, 0.5) is 8.78 Å². The highest BCUT2D eigenvalue weighted by Gasteiger charge is 2.68. The molecule has 8 aliphatic rings. The number of pyridine rings is 1. The second kappa shape index (κ2) is 35.0. The maximum absolute atomic E-state index is 13.0. The van der Waals surface area contributed by atoms with Gasteiger partial charge in [0.15, 0.2) is 50.6 Å². The highest BCUT2D eigenvalue weighted by atomic mass is 32.2. The van der Waals surface area contributed by atoms with E-state index in [9.17, 15) is 50.8 Å². The van der Waals surface area contributed by atoms with E-state index in [-0.39, 0.29) is 81.1 Å². The van der Waals surface area contributed by atoms with Crippen LogP contribution in [0.2, 0.25) is 0 Å². The maximum atomic E-state index is 13.0. The Kier molecular flexibility index (Phi) is 27.5. The third-order valence-electron chi connectivity index (χ3n) is 24.4. The van der Waals surface area contributed by atoms with E-state index in [4.69, 9.17) is 33.2 Å². The fourth-order valence-corrected chi connectivity index (χ4v) is 18.5. The minimum atomic E-state index is -5.86. The van der Waals surface area contributed by atoms with Crippen LogP contribution in [-0.4, -0.2) is 99.9 Å². The minimum absolute atomic E-state index is 0.0379. The van der Waals surface area contributed by atoms with Crippen molar-refractivity contribution in [1.82, 2.24) is 4.98 Å². The second-order valence-electron chi connectivity index (χ2n) is 34.5. The van der Waals surface area contributed by atoms with E-state index in [0.29, 0.717) is 44.4 Å². The molecule has 14 atom stereocenters. The van der Waals surface area contributed by atoms with Gasteiger partial charge in [-0.15, -0.1) is 0 Å². The highest BCUT2D eigenvalue weighted by Crippen LogP contribution is 2.71. The van der Waals surface area contributed by atoms with Crippen LogP contribution in [0.15, 0.2) is 148 Å². The number of aromatic hydroxyl groups is 1. The Morgan fingerprint density at radius 1 is 0.649 bits per heavy atom. The van der Waals surface area contributed by atoms with Gasteiger partial charge in [-0.25, -0.2) is 13.4 Å². The molecule has 4 aliphatic carbocycles. The number of carbonyl (C=O) groups is 5. The van der Waals surface area contributed by atoms with Crippen LogP contribution in [-0.2, 0) is 68.7 Å². The largest absolute Gasteiger partial charge is 0.743 e. The Morgan fingerprint density at radius 3 is 1.77 bits per heavy atom. The van der Waals surface area contributed by atoms with Crippen molar-refractivity contribution in [2.75, 3.05) is 0 Å². The molecule has 6 bridgehead atoms. The van der Waals surface area contributed by atoms with E-state index in [1.165, 1.54) is 89.2 Å². The fraction of sp³-hybridized carbons (Fsp3) is 0.573. The Bertz CT molecular complexity index is 4320. The van der Waals surface area contributed by atoms with Crippen molar-refractivity contribution in [1.29, 1.82) is 0 Å². The first-order valence-electron chi connectivity index (χ1n) is 39.6. The number of esters is 5. The monoisotopic (exact) mass is 1570 g/mol. The van der Waals surface area contributed by atoms with Gasteiger partial charge in [-0.3, -0.25) is 24.0 Å². The van der Waals surface area contributed by atoms with Crippen LogP contribution in [0.3, 0.4) is 0 Å². The molecule has 1 N–H and O–H groups in total. The summed E-state index contributed by atoms with van der Waals surface area (Å²) in [4.78, 5) is 67.0. The number of rotatable bonds is 19. The molecule has 5 aromatic carbocycles. The predicted octanol–water partition coefficient (Wildman–Crippen LogP) is 19.9. The molecule has 4 aliphatic heterocycles. The van der Waals surface area contributed by atoms with Crippen molar-refractivity contribution in [3.8, 4) is 28.9 Å². The fourth-order valence-electron chi connectivity index (χ4n) is 15.8. The van der Waals surface area contributed by atoms with E-state index < -0.39 is 55.9 Å². The van der Waals surface area contributed by atoms with E-state index in [1.54, 1.807) is 26.8 Å². The number of aromatic nitrogens is 1. The number of para-hydroxylation sites is 2. The topological polar surface area (TPSA) is 250 Å². The van der Waals surface area contributed by atoms with Gasteiger partial charge in [-0.05, 0) is 273 Å². The first-order valence-corrected chi connectivity index (χ1v) is 42.2. The standard InChI is InChI=1S/C20H32O2.C18H13OS.C18H24O.C13H18O5.C11H15NO3.C9H16F2O5S/c1-5-19(3,4)18(21)22-20(6-2)11-14-10-15(20)17-13-8-7-12(9-13)16(14)17;1-2-8-14(9-3-1)20-17-12-6-4-10-15(17)19-16-11-5-7-13-18(16)20;1-6-13(2)14-7-8-16-12-17(19-18(3,4)5)10-9-15(16)11-14;1-4-13(2,3)12(15)18-9-7-5-6-8(16-7)10(9)17-11(6)14;1-4-11(2,3)10(14)15-9-8(13)6-5-7-12-9;1-5-8(3,4)7(12)16-6(2)9(10,11)17(13,14)15/h12-17H,5-11H2,1-4H3;1-13H;7-13H,6H2,1-5H3;6-10H,4-5H2,1-3H3;5-7,13H,4H2,1-3H3;6H,5H2,1-4H3,(H,13,14,15)/q;+1;;;;/p-1. The molecule has 18 nitrogen and oxygen atoms in total. The summed E-state index contributed by atoms with van der Waals surface area (Å²) in [5.74, 6) is 6.78. The zero-order chi connectivity index (χ0) is 81.7. The summed E-state index contributed by atoms with van der Waals surface area (Å²) in [5.41, 5.74) is -1.29. The molecule has 606 valence electrons. The van der Waals surface area contributed by atoms with Gasteiger partial charge in [-0.2, -0.15) is 8.78 Å². The molecule has 6 aromatic rings. The number of carbonyl (C=O) groups excluding carboxylic acids is 5. The quantitative estimate of drug-likeness (QED) is 0.0260. The Hall–Kier alpha value is -7.66. The number of ether oxygens (including phenoxy) is 8. The summed E-state index contributed by atoms with van der Waals surface area (Å²) in [6.45, 7) is 35.5. The van der Waals surface area contributed by atoms with Gasteiger partial charge in [0.05, 0.1) is 33.7 Å². The van der Waals surface area contributed by atoms with Crippen LogP contribution in [0.5, 0.6) is 28.9 Å². The van der Waals surface area contributed by atoms with Gasteiger partial charge in [0, 0.05) is 12.1 Å². The Balaban J connectivity index is 0.000000154. The summed E-state index contributed by atoms with van der Waals surface area (Å²) in [6.07, 6.45) is 10.2. The lowest BCUT2D eigenvalue weighted by Crippen LogP contribution is -2.49. The molecule has 14 rings (SSSR count). The van der Waals surface area contributed by atoms with Gasteiger partial charge in [-0.1, -0.05) is 115 Å². The van der Waals surface area contributed by atoms with Crippen LogP contribution >= 0.6 is 0 Å². The molecule has 111 heavy (non-hydrogen) atoms. The third-order valence-corrected chi connectivity index (χ3v) is 27.7. The van der Waals surface area contributed by atoms with Crippen molar-refractivity contribution >= 4 is 61.6 Å². The number of nitrogens with zero attached hydrogens (tertiary/aromatic N) is 1. The molecular formula is C89H117F2NO17S2. The number of hydrogen-bond acceptors (Lipinski definition) is 18. The smallest absolute Gasteiger partial charge is 0.369 e. The molecule has 14 unspecified atom stereocenters. The summed E-state index contributed by atoms with van der Waals surface area (Å²) >= 11 is 0. The van der Waals surface area contributed by atoms with Crippen LogP contribution < -0.4 is 14.2 Å². The van der Waals surface area contributed by atoms with E-state index in [1.807, 2.05) is 65.8 Å². The van der Waals surface area contributed by atoms with Gasteiger partial charge in [0.2, 0.25) is 9.79 Å². The van der Waals surface area contributed by atoms with Crippen LogP contribution in [0, 0.1) is 63.1 Å². The molecule has 5 heterocycles. The van der Waals surface area contributed by atoms with Crippen LogP contribution in [0.1, 0.15) is 220 Å². The van der Waals surface area contributed by atoms with Gasteiger partial charge < -0.3 is 47.6 Å². The van der Waals surface area contributed by atoms with E-state index >= 15 is 0 Å². The third kappa shape index (κ3) is 19.6. The average Bonchev–Trinajstić information content (AvgIpc) is 1.54. The molecule has 0 spiro atoms. The highest BCUT2D eigenvalue weighted by molar-refractivity contribution is 7.97. The maximum Gasteiger partial charge on any atom is 0.369 e. The van der Waals surface area contributed by atoms with E-state index in [2.05, 4.69) is 149 Å². The van der Waals surface area contributed by atoms with Gasteiger partial charge in [0.1, 0.15) is 34.0 Å². The lowest BCUT2D eigenvalue weighted by molar-refractivity contribution is -0.183. The Morgan fingerprint density at radius 2 is 1.20 bits per heavy atom. The number of halogens is 2. The molecule has 3 saturated heterocycles. The lowest BCUT2D eigenvalue weighted by atomic mass is 9.65. The minimum Gasteiger partial charge on any atom is -0.743 e. The molecular weight excluding hydrogens is 1460 g/mol. The lowest BCUT2D eigenvalue weighted by Gasteiger charge is -2.46. The van der Waals surface area contributed by atoms with Crippen molar-refractivity contribution in [3.63, 3.8) is 0 Å². The van der Waals surface area contributed by atoms with Crippen molar-refractivity contribution < 1.29 is 88.7 Å². The number of benzene rings is 5. The number of fused-ring (bicyclic) bond motifs is 13. The zero-order valence-corrected chi connectivity index (χ0v) is 69.8. The molecule has 7 fully saturated rings. The average molecular weight is 1580 g/mol. The van der Waals surface area contributed by atoms with Crippen LogP contribution in [0.25, 0.3) is 10.8 Å². The first-order chi connectivity index (χ1) is 52.0. The molecule has 22 heteroatoms. The molecule has 4 saturated carbocycles. The van der Waals surface area contributed by atoms with Crippen molar-refractivity contribution in [2.24, 2.45) is 63.1 Å². The van der Waals surface area contributed by atoms with Crippen molar-refractivity contribution in [2.45, 2.75) is 276 Å². The SMILES string of the molecule is CCC(C)(C)C(=O)OC(C)C(F)(F)S(=O)(=O)[O-].CCC(C)(C)C(=O)OC1(CC)CC2CC1C1C3CCC(C3)C21.CCC(C)(C)C(=O)OC1C2CC3C(=O)OC1C3O2.CCC(C)(C)C(=O)Oc1ncccc1O.CCC(C)c1ccc2cc(OC(C)(C)C)ccc2c1.c1ccc([S+]2c3ccccc3Oc3ccccc32)cc1. The molecule has 0 amide bonds. The van der Waals surface area contributed by atoms with Crippen molar-refractivity contribution in [3.05, 3.63) is 139 Å². The number of hydrogen-bond donors (Lipinski definition) is 1. The van der Waals surface area contributed by atoms with Gasteiger partial charge in [0.25, 0.3) is 5.88 Å². The first kappa shape index (κ1) is 87.3. The second-order valence-corrected chi connectivity index (χ2v) is 37.9. The molecule has 0 radical (unpaired) electrons. The summed E-state index contributed by atoms with van der Waals surface area (Å²) < 4.78 is 101. The Labute approximate surface area is 659 Å². The summed E-state index contributed by atoms with van der Waals surface area (Å²) in [5, 5.41) is 7.26. The predicted molar refractivity (Wildman–Crippen MR) is 422 cm³/mol. The molecule has 1 aromatic heterocycles. The number of alkyl halides is 2. The van der Waals surface area contributed by atoms with E-state index in [0.717, 1.165) is 66.1 Å². The zero-order valence-electron chi connectivity index (χ0n) is 68.2. The summed E-state index contributed by atoms with van der Waals surface area (Å²) in [6, 6.07) is 43.4. The summed E-state index contributed by atoms with van der Waals surface area (Å²) in [7, 11) is -5.94. The van der Waals surface area contributed by atoms with Gasteiger partial charge >= 0.3 is 35.1 Å².